The van der Waals surface area contributed by atoms with Gasteiger partial charge in [-0.05, 0) is 24.3 Å². The number of hydrogen-bond donors (Lipinski definition) is 0. The topological polar surface area (TPSA) is 59.1 Å². The fraction of sp³-hybridized carbons (Fsp3) is 0.455. The van der Waals surface area contributed by atoms with E-state index >= 15 is 0 Å². The van der Waals surface area contributed by atoms with Crippen molar-refractivity contribution in [3.05, 3.63) is 73.1 Å². The van der Waals surface area contributed by atoms with E-state index in [1.807, 2.05) is 47.8 Å². The summed E-state index contributed by atoms with van der Waals surface area (Å²) in [7, 11) is 0.463. The lowest BCUT2D eigenvalue weighted by Gasteiger charge is -2.24. The Morgan fingerprint density at radius 2 is 1.08 bits per heavy atom. The Morgan fingerprint density at radius 1 is 0.717 bits per heavy atom. The van der Waals surface area contributed by atoms with Crippen LogP contribution >= 0.6 is 0 Å². The first-order valence-corrected chi connectivity index (χ1v) is 21.2. The molecule has 0 heterocycles. The maximum absolute atomic E-state index is 12.9. The van der Waals surface area contributed by atoms with Crippen LogP contribution < -0.4 is 20.2 Å². The lowest BCUT2D eigenvalue weighted by molar-refractivity contribution is -0.352. The summed E-state index contributed by atoms with van der Waals surface area (Å²) in [4.78, 5) is 28.8. The molecule has 0 aromatic heterocycles. The van der Waals surface area contributed by atoms with Crippen LogP contribution in [-0.4, -0.2) is 87.3 Å². The molecule has 0 fully saturated rings. The van der Waals surface area contributed by atoms with E-state index in [1.165, 1.54) is 10.4 Å². The van der Waals surface area contributed by atoms with Gasteiger partial charge in [0.15, 0.2) is 13.5 Å². The number of ether oxygens (including phenoxy) is 2. The van der Waals surface area contributed by atoms with Crippen molar-refractivity contribution in [2.45, 2.75) is 64.1 Å². The molecule has 0 N–H and O–H groups in total. The Labute approximate surface area is 303 Å². The molecule has 6 nitrogen and oxygen atoms in total. The molecular weight excluding hydrogens is 773 g/mol. The lowest BCUT2D eigenvalue weighted by Crippen LogP contribution is -2.41. The minimum Gasteiger partial charge on any atom is -0.315 e. The maximum Gasteiger partial charge on any atom is 0.522 e. The molecule has 0 bridgehead atoms. The highest BCUT2D eigenvalue weighted by Crippen LogP contribution is 2.34. The van der Waals surface area contributed by atoms with Gasteiger partial charge < -0.3 is 14.5 Å². The van der Waals surface area contributed by atoms with Gasteiger partial charge in [-0.2, -0.15) is 26.3 Å². The Balaban J connectivity index is 0. The second-order valence-corrected chi connectivity index (χ2v) is 20.9. The van der Waals surface area contributed by atoms with E-state index in [9.17, 15) is 62.3 Å². The second-order valence-electron chi connectivity index (χ2n) is 12.1. The van der Waals surface area contributed by atoms with Crippen molar-refractivity contribution in [1.29, 1.82) is 0 Å². The molecule has 0 aliphatic rings. The number of amides is 2. The third-order valence-electron chi connectivity index (χ3n) is 7.26. The number of carbonyl (C=O) groups excluding carboxylic acids is 2. The van der Waals surface area contributed by atoms with E-state index in [1.54, 1.807) is 23.9 Å². The first-order chi connectivity index (χ1) is 23.9. The third-order valence-corrected chi connectivity index (χ3v) is 12.9. The van der Waals surface area contributed by atoms with Crippen LogP contribution in [0.15, 0.2) is 73.1 Å². The quantitative estimate of drug-likeness (QED) is 0.129. The van der Waals surface area contributed by atoms with Crippen LogP contribution in [0.25, 0.3) is 0 Å². The van der Waals surface area contributed by atoms with Crippen LogP contribution in [0.3, 0.4) is 0 Å². The molecule has 0 aliphatic heterocycles. The molecule has 2 amide bonds. The number of hydrogen-bond acceptors (Lipinski definition) is 4. The molecule has 0 saturated carbocycles. The minimum absolute atomic E-state index is 0.104. The highest BCUT2D eigenvalue weighted by molar-refractivity contribution is 6.94. The van der Waals surface area contributed by atoms with Crippen LogP contribution in [-0.2, 0) is 19.1 Å². The molecule has 0 radical (unpaired) electrons. The van der Waals surface area contributed by atoms with Gasteiger partial charge in [-0.25, -0.2) is 8.78 Å². The van der Waals surface area contributed by atoms with Crippen LogP contribution in [0, 0.1) is 0 Å². The molecule has 2 aromatic rings. The van der Waals surface area contributed by atoms with Gasteiger partial charge in [-0.15, -0.1) is 26.3 Å². The normalized spacial score (nSPS) is 13.0. The average molecular weight is 817 g/mol. The summed E-state index contributed by atoms with van der Waals surface area (Å²) >= 11 is 0. The van der Waals surface area contributed by atoms with Gasteiger partial charge in [-0.1, -0.05) is 72.2 Å². The molecule has 53 heavy (non-hydrogen) atoms. The van der Waals surface area contributed by atoms with Crippen LogP contribution in [0.2, 0.25) is 26.2 Å². The standard InChI is InChI=1S/C25H34N2O2Si2.C4H5F5O.C3H2F6O.CH3F/c1-9-30(5,6)22-15-11-13-20(17-22)26(3)24(28)19-25(29)27(4)21-14-12-16-23(18-21)31(7,8)10-2;1-3(6,10-2-5)4(7,8)9;4-2(5,6)1-10-3(7,8)9;1-2/h9-18H,1-2,19H2,3-8H3;2H2,1H3;1H2;1H3. The first kappa shape index (κ1) is 51.5. The zero-order valence-corrected chi connectivity index (χ0v) is 32.4. The Morgan fingerprint density at radius 3 is 1.30 bits per heavy atom. The molecule has 20 heteroatoms. The fourth-order valence-electron chi connectivity index (χ4n) is 3.47. The van der Waals surface area contributed by atoms with Crippen molar-refractivity contribution >= 4 is 49.7 Å². The Bertz CT molecular complexity index is 1370. The van der Waals surface area contributed by atoms with E-state index in [0.29, 0.717) is 7.18 Å². The number of rotatable bonds is 11. The van der Waals surface area contributed by atoms with Crippen LogP contribution in [0.4, 0.5) is 64.1 Å². The smallest absolute Gasteiger partial charge is 0.315 e. The predicted molar refractivity (Wildman–Crippen MR) is 187 cm³/mol. The van der Waals surface area contributed by atoms with Gasteiger partial charge >= 0.3 is 24.6 Å². The largest absolute Gasteiger partial charge is 0.522 e. The summed E-state index contributed by atoms with van der Waals surface area (Å²) in [6.45, 7) is 12.8. The van der Waals surface area contributed by atoms with Gasteiger partial charge in [-0.3, -0.25) is 18.7 Å². The van der Waals surface area contributed by atoms with Crippen LogP contribution in [0.5, 0.6) is 0 Å². The highest BCUT2D eigenvalue weighted by atomic mass is 28.3. The molecule has 1 atom stereocenters. The number of carbonyl (C=O) groups is 2. The summed E-state index contributed by atoms with van der Waals surface area (Å²) in [6, 6.07) is 15.9. The number of anilines is 2. The molecule has 2 rings (SSSR count). The van der Waals surface area contributed by atoms with E-state index < -0.39 is 54.2 Å². The van der Waals surface area contributed by atoms with Crippen molar-refractivity contribution in [2.24, 2.45) is 0 Å². The minimum atomic E-state index is -5.21. The zero-order valence-electron chi connectivity index (χ0n) is 30.4. The molecule has 0 aliphatic carbocycles. The number of alkyl halides is 12. The lowest BCUT2D eigenvalue weighted by atomic mass is 10.2. The second kappa shape index (κ2) is 21.3. The summed E-state index contributed by atoms with van der Waals surface area (Å²) < 4.78 is 138. The molecule has 302 valence electrons. The van der Waals surface area contributed by atoms with Crippen molar-refractivity contribution < 1.29 is 71.7 Å². The molecule has 0 spiro atoms. The van der Waals surface area contributed by atoms with Crippen molar-refractivity contribution in [1.82, 2.24) is 0 Å². The van der Waals surface area contributed by atoms with Gasteiger partial charge in [0.1, 0.15) is 22.6 Å². The first-order valence-electron chi connectivity index (χ1n) is 15.1. The average Bonchev–Trinajstić information content (AvgIpc) is 3.07. The predicted octanol–water partition coefficient (Wildman–Crippen LogP) is 8.83. The SMILES string of the molecule is C=C[Si](C)(C)c1cccc(N(C)C(=O)CC(=O)N(C)c2cccc([Si](C)(C)C=C)c2)c1.CC(F)(OCF)C(F)(F)F.CF.FC(F)(F)COC(F)(F)F. The summed E-state index contributed by atoms with van der Waals surface area (Å²) in [5.74, 6) is -4.35. The maximum atomic E-state index is 12.9. The number of nitrogens with zero attached hydrogens (tertiary/aromatic N) is 2. The van der Waals surface area contributed by atoms with Crippen molar-refractivity contribution in [3.63, 3.8) is 0 Å². The number of benzene rings is 2. The van der Waals surface area contributed by atoms with E-state index in [0.717, 1.165) is 11.4 Å². The van der Waals surface area contributed by atoms with Crippen molar-refractivity contribution in [2.75, 3.05) is 44.5 Å². The fourth-order valence-corrected chi connectivity index (χ4v) is 6.03. The number of halogens is 12. The van der Waals surface area contributed by atoms with E-state index in [4.69, 9.17) is 0 Å². The van der Waals surface area contributed by atoms with Crippen molar-refractivity contribution in [3.8, 4) is 0 Å². The van der Waals surface area contributed by atoms with Gasteiger partial charge in [0, 0.05) is 32.4 Å². The molecular formula is C33H44F12N2O4Si2. The summed E-state index contributed by atoms with van der Waals surface area (Å²) in [5, 5.41) is 2.41. The molecule has 0 saturated heterocycles. The summed E-state index contributed by atoms with van der Waals surface area (Å²) in [6.07, 6.45) is -15.5. The van der Waals surface area contributed by atoms with E-state index in [2.05, 4.69) is 61.0 Å². The summed E-state index contributed by atoms with van der Waals surface area (Å²) in [5.41, 5.74) is 5.64. The third kappa shape index (κ3) is 18.8. The zero-order chi connectivity index (χ0) is 42.2. The highest BCUT2D eigenvalue weighted by Gasteiger charge is 2.53. The monoisotopic (exact) mass is 816 g/mol. The molecule has 1 unspecified atom stereocenters. The van der Waals surface area contributed by atoms with Crippen LogP contribution in [0.1, 0.15) is 13.3 Å². The van der Waals surface area contributed by atoms with Gasteiger partial charge in [0.2, 0.25) is 11.8 Å². The Hall–Kier alpha value is -3.63. The Kier molecular flexibility index (Phi) is 20.7. The molecule has 2 aromatic carbocycles. The van der Waals surface area contributed by atoms with Gasteiger partial charge in [0.25, 0.3) is 0 Å². The van der Waals surface area contributed by atoms with Gasteiger partial charge in [0.05, 0.1) is 7.18 Å². The van der Waals surface area contributed by atoms with E-state index in [-0.39, 0.29) is 25.2 Å².